The number of rotatable bonds is 3. The quantitative estimate of drug-likeness (QED) is 0.740. The van der Waals surface area contributed by atoms with Crippen molar-refractivity contribution in [3.63, 3.8) is 0 Å². The molecule has 1 fully saturated rings. The summed E-state index contributed by atoms with van der Waals surface area (Å²) in [4.78, 5) is 13.4. The summed E-state index contributed by atoms with van der Waals surface area (Å²) in [6.45, 7) is 6.47. The molecule has 8 heteroatoms. The molecule has 2 atom stereocenters. The van der Waals surface area contributed by atoms with Gasteiger partial charge < -0.3 is 19.9 Å². The first-order chi connectivity index (χ1) is 12.4. The lowest BCUT2D eigenvalue weighted by molar-refractivity contribution is -0.0253. The fourth-order valence-electron chi connectivity index (χ4n) is 3.91. The van der Waals surface area contributed by atoms with Crippen LogP contribution in [0.25, 0.3) is 11.2 Å². The standard InChI is InChI=1S/C18H24N6O2/c1-10-5-4-6-18(25,7-10)17-21-15(19)14-16(22-17)24(9-20-14)8-13-11(2)23-26-12(13)3/h9-10,25H,4-8H2,1-3H3,(H2,19,21,22)/t10-,18+/m1/s1. The fourth-order valence-corrected chi connectivity index (χ4v) is 3.91. The molecule has 138 valence electrons. The van der Waals surface area contributed by atoms with Gasteiger partial charge in [-0.2, -0.15) is 0 Å². The minimum Gasteiger partial charge on any atom is -0.382 e. The van der Waals surface area contributed by atoms with Crippen molar-refractivity contribution in [2.75, 3.05) is 5.73 Å². The van der Waals surface area contributed by atoms with Crippen LogP contribution in [0.5, 0.6) is 0 Å². The van der Waals surface area contributed by atoms with E-state index in [0.29, 0.717) is 48.1 Å². The zero-order chi connectivity index (χ0) is 18.5. The van der Waals surface area contributed by atoms with Gasteiger partial charge in [-0.1, -0.05) is 18.5 Å². The lowest BCUT2D eigenvalue weighted by Gasteiger charge is -2.34. The lowest BCUT2D eigenvalue weighted by Crippen LogP contribution is -2.34. The van der Waals surface area contributed by atoms with Crippen molar-refractivity contribution < 1.29 is 9.63 Å². The van der Waals surface area contributed by atoms with Gasteiger partial charge in [-0.15, -0.1) is 0 Å². The molecule has 26 heavy (non-hydrogen) atoms. The van der Waals surface area contributed by atoms with E-state index >= 15 is 0 Å². The summed E-state index contributed by atoms with van der Waals surface area (Å²) < 4.78 is 7.15. The number of aryl methyl sites for hydroxylation is 2. The van der Waals surface area contributed by atoms with Gasteiger partial charge in [0, 0.05) is 5.56 Å². The molecular formula is C18H24N6O2. The highest BCUT2D eigenvalue weighted by Gasteiger charge is 2.37. The van der Waals surface area contributed by atoms with Crippen LogP contribution in [0.2, 0.25) is 0 Å². The number of nitrogens with two attached hydrogens (primary N) is 1. The first kappa shape index (κ1) is 17.0. The molecule has 0 unspecified atom stereocenters. The Morgan fingerprint density at radius 3 is 2.88 bits per heavy atom. The molecule has 0 aromatic carbocycles. The van der Waals surface area contributed by atoms with E-state index in [1.54, 1.807) is 6.33 Å². The normalized spacial score (nSPS) is 23.6. The molecule has 1 aliphatic carbocycles. The molecule has 0 saturated heterocycles. The monoisotopic (exact) mass is 356 g/mol. The average Bonchev–Trinajstić information content (AvgIpc) is 3.14. The maximum Gasteiger partial charge on any atom is 0.166 e. The van der Waals surface area contributed by atoms with Crippen molar-refractivity contribution in [2.45, 2.75) is 58.6 Å². The highest BCUT2D eigenvalue weighted by atomic mass is 16.5. The number of aromatic nitrogens is 5. The Bertz CT molecular complexity index is 943. The Kier molecular flexibility index (Phi) is 3.95. The van der Waals surface area contributed by atoms with Gasteiger partial charge in [0.1, 0.15) is 16.9 Å². The maximum atomic E-state index is 11.1. The number of imidazole rings is 1. The van der Waals surface area contributed by atoms with E-state index in [1.807, 2.05) is 18.4 Å². The Morgan fingerprint density at radius 2 is 2.19 bits per heavy atom. The van der Waals surface area contributed by atoms with E-state index in [9.17, 15) is 5.11 Å². The van der Waals surface area contributed by atoms with Crippen molar-refractivity contribution >= 4 is 17.0 Å². The first-order valence-electron chi connectivity index (χ1n) is 9.00. The number of anilines is 1. The smallest absolute Gasteiger partial charge is 0.166 e. The Morgan fingerprint density at radius 1 is 1.38 bits per heavy atom. The van der Waals surface area contributed by atoms with Gasteiger partial charge in [-0.3, -0.25) is 0 Å². The molecule has 0 spiro atoms. The zero-order valence-electron chi connectivity index (χ0n) is 15.4. The van der Waals surface area contributed by atoms with Gasteiger partial charge in [0.25, 0.3) is 0 Å². The van der Waals surface area contributed by atoms with E-state index in [2.05, 4.69) is 27.0 Å². The Labute approximate surface area is 151 Å². The molecule has 0 bridgehead atoms. The summed E-state index contributed by atoms with van der Waals surface area (Å²) in [5.74, 6) is 1.90. The minimum absolute atomic E-state index is 0.300. The topological polar surface area (TPSA) is 116 Å². The molecule has 0 amide bonds. The summed E-state index contributed by atoms with van der Waals surface area (Å²) in [6, 6.07) is 0. The molecule has 4 rings (SSSR count). The number of nitrogens with zero attached hydrogens (tertiary/aromatic N) is 5. The molecule has 1 saturated carbocycles. The van der Waals surface area contributed by atoms with Crippen LogP contribution in [0.15, 0.2) is 10.9 Å². The zero-order valence-corrected chi connectivity index (χ0v) is 15.4. The highest BCUT2D eigenvalue weighted by Crippen LogP contribution is 2.39. The average molecular weight is 356 g/mol. The van der Waals surface area contributed by atoms with E-state index in [1.165, 1.54) is 0 Å². The van der Waals surface area contributed by atoms with Crippen LogP contribution in [0.3, 0.4) is 0 Å². The van der Waals surface area contributed by atoms with Crippen LogP contribution < -0.4 is 5.73 Å². The third kappa shape index (κ3) is 2.74. The van der Waals surface area contributed by atoms with Gasteiger partial charge in [0.05, 0.1) is 18.6 Å². The second-order valence-electron chi connectivity index (χ2n) is 7.51. The van der Waals surface area contributed by atoms with Gasteiger partial charge in [-0.25, -0.2) is 15.0 Å². The van der Waals surface area contributed by atoms with Gasteiger partial charge in [0.2, 0.25) is 0 Å². The number of hydrogen-bond acceptors (Lipinski definition) is 7. The SMILES string of the molecule is Cc1noc(C)c1Cn1cnc2c(N)nc([C@]3(O)CCC[C@@H](C)C3)nc21. The summed E-state index contributed by atoms with van der Waals surface area (Å²) >= 11 is 0. The minimum atomic E-state index is -1.03. The van der Waals surface area contributed by atoms with Crippen LogP contribution in [0, 0.1) is 19.8 Å². The Balaban J connectivity index is 1.78. The summed E-state index contributed by atoms with van der Waals surface area (Å²) in [6.07, 6.45) is 5.07. The maximum absolute atomic E-state index is 11.1. The predicted molar refractivity (Wildman–Crippen MR) is 96.3 cm³/mol. The van der Waals surface area contributed by atoms with Crippen LogP contribution in [0.4, 0.5) is 5.82 Å². The molecule has 1 aliphatic rings. The summed E-state index contributed by atoms with van der Waals surface area (Å²) in [7, 11) is 0. The van der Waals surface area contributed by atoms with Crippen LogP contribution in [-0.2, 0) is 12.1 Å². The van der Waals surface area contributed by atoms with Crippen LogP contribution in [-0.4, -0.2) is 29.8 Å². The second-order valence-corrected chi connectivity index (χ2v) is 7.51. The van der Waals surface area contributed by atoms with E-state index in [0.717, 1.165) is 29.9 Å². The first-order valence-corrected chi connectivity index (χ1v) is 9.00. The van der Waals surface area contributed by atoms with Crippen LogP contribution >= 0.6 is 0 Å². The lowest BCUT2D eigenvalue weighted by atomic mass is 9.78. The van der Waals surface area contributed by atoms with Crippen molar-refractivity contribution in [3.8, 4) is 0 Å². The summed E-state index contributed by atoms with van der Waals surface area (Å²) in [5.41, 5.74) is 8.11. The molecule has 3 N–H and O–H groups in total. The van der Waals surface area contributed by atoms with Gasteiger partial charge >= 0.3 is 0 Å². The molecule has 0 radical (unpaired) electrons. The van der Waals surface area contributed by atoms with Crippen molar-refractivity contribution in [2.24, 2.45) is 5.92 Å². The van der Waals surface area contributed by atoms with Crippen molar-refractivity contribution in [1.82, 2.24) is 24.7 Å². The fraction of sp³-hybridized carbons (Fsp3) is 0.556. The third-order valence-electron chi connectivity index (χ3n) is 5.39. The molecule has 3 aromatic rings. The number of nitrogen functional groups attached to an aromatic ring is 1. The summed E-state index contributed by atoms with van der Waals surface area (Å²) in [5, 5.41) is 15.1. The molecule has 0 aliphatic heterocycles. The molecule has 3 heterocycles. The van der Waals surface area contributed by atoms with E-state index in [4.69, 9.17) is 10.3 Å². The van der Waals surface area contributed by atoms with Crippen molar-refractivity contribution in [3.05, 3.63) is 29.2 Å². The second kappa shape index (κ2) is 6.05. The molecule has 8 nitrogen and oxygen atoms in total. The predicted octanol–water partition coefficient (Wildman–Crippen LogP) is 2.46. The van der Waals surface area contributed by atoms with Crippen LogP contribution in [0.1, 0.15) is 55.4 Å². The third-order valence-corrected chi connectivity index (χ3v) is 5.39. The number of hydrogen-bond donors (Lipinski definition) is 2. The van der Waals surface area contributed by atoms with Crippen molar-refractivity contribution in [1.29, 1.82) is 0 Å². The highest BCUT2D eigenvalue weighted by molar-refractivity contribution is 5.81. The number of fused-ring (bicyclic) bond motifs is 1. The molecular weight excluding hydrogens is 332 g/mol. The van der Waals surface area contributed by atoms with Gasteiger partial charge in [-0.05, 0) is 39.0 Å². The van der Waals surface area contributed by atoms with E-state index < -0.39 is 5.60 Å². The van der Waals surface area contributed by atoms with E-state index in [-0.39, 0.29) is 0 Å². The van der Waals surface area contributed by atoms with Gasteiger partial charge in [0.15, 0.2) is 17.3 Å². The number of aliphatic hydroxyl groups is 1. The Hall–Kier alpha value is -2.48. The largest absolute Gasteiger partial charge is 0.382 e. The molecule has 3 aromatic heterocycles.